The number of nitrogens with one attached hydrogen (secondary N) is 1. The van der Waals surface area contributed by atoms with Gasteiger partial charge in [-0.25, -0.2) is 9.78 Å². The van der Waals surface area contributed by atoms with Gasteiger partial charge in [-0.3, -0.25) is 18.8 Å². The van der Waals surface area contributed by atoms with Crippen LogP contribution in [-0.4, -0.2) is 58.4 Å². The summed E-state index contributed by atoms with van der Waals surface area (Å²) in [7, 11) is 1.66. The SMILES string of the molecule is Cn1c(=O)n(Cc2ccccc2)c(=O)c2c(CNCCN3CCOCC3)ccnc21. The molecule has 0 bridgehead atoms. The Bertz CT molecular complexity index is 1120. The summed E-state index contributed by atoms with van der Waals surface area (Å²) >= 11 is 0. The van der Waals surface area contributed by atoms with E-state index in [4.69, 9.17) is 4.74 Å². The number of ether oxygens (including phenoxy) is 1. The van der Waals surface area contributed by atoms with Crippen molar-refractivity contribution in [2.24, 2.45) is 7.05 Å². The number of nitrogens with zero attached hydrogens (tertiary/aromatic N) is 4. The molecule has 0 amide bonds. The third-order valence-corrected chi connectivity index (χ3v) is 5.52. The molecule has 0 atom stereocenters. The molecule has 4 rings (SSSR count). The molecule has 8 heteroatoms. The molecule has 0 aliphatic carbocycles. The standard InChI is InChI=1S/C22H27N5O3/c1-25-20-19(21(28)27(22(25)29)16-17-5-3-2-4-6-17)18(7-8-24-20)15-23-9-10-26-11-13-30-14-12-26/h2-8,23H,9-16H2,1H3. The second-order valence-electron chi connectivity index (χ2n) is 7.52. The van der Waals surface area contributed by atoms with E-state index in [1.54, 1.807) is 13.2 Å². The maximum Gasteiger partial charge on any atom is 0.332 e. The van der Waals surface area contributed by atoms with E-state index in [2.05, 4.69) is 15.2 Å². The largest absolute Gasteiger partial charge is 0.379 e. The molecule has 1 fully saturated rings. The van der Waals surface area contributed by atoms with Crippen molar-refractivity contribution in [3.8, 4) is 0 Å². The van der Waals surface area contributed by atoms with Crippen LogP contribution in [-0.2, 0) is 24.9 Å². The molecule has 0 unspecified atom stereocenters. The molecule has 2 aromatic heterocycles. The molecule has 8 nitrogen and oxygen atoms in total. The van der Waals surface area contributed by atoms with Crippen LogP contribution in [0.25, 0.3) is 11.0 Å². The van der Waals surface area contributed by atoms with Gasteiger partial charge in [0.25, 0.3) is 5.56 Å². The first kappa shape index (κ1) is 20.5. The van der Waals surface area contributed by atoms with Crippen molar-refractivity contribution in [3.63, 3.8) is 0 Å². The molecule has 3 aromatic rings. The molecule has 30 heavy (non-hydrogen) atoms. The summed E-state index contributed by atoms with van der Waals surface area (Å²) in [4.78, 5) is 32.7. The average molecular weight is 409 g/mol. The minimum Gasteiger partial charge on any atom is -0.379 e. The first-order valence-corrected chi connectivity index (χ1v) is 10.3. The highest BCUT2D eigenvalue weighted by atomic mass is 16.5. The van der Waals surface area contributed by atoms with Gasteiger partial charge < -0.3 is 10.1 Å². The smallest absolute Gasteiger partial charge is 0.332 e. The number of benzene rings is 1. The fourth-order valence-corrected chi connectivity index (χ4v) is 3.81. The number of morpholine rings is 1. The third kappa shape index (κ3) is 4.35. The zero-order valence-electron chi connectivity index (χ0n) is 17.2. The van der Waals surface area contributed by atoms with Gasteiger partial charge >= 0.3 is 5.69 Å². The van der Waals surface area contributed by atoms with Crippen molar-refractivity contribution in [1.29, 1.82) is 0 Å². The second-order valence-corrected chi connectivity index (χ2v) is 7.52. The van der Waals surface area contributed by atoms with Gasteiger partial charge in [0, 0.05) is 46.0 Å². The molecular weight excluding hydrogens is 382 g/mol. The normalized spacial score (nSPS) is 15.0. The Hall–Kier alpha value is -2.81. The number of aryl methyl sites for hydroxylation is 1. The Morgan fingerprint density at radius 2 is 1.87 bits per heavy atom. The van der Waals surface area contributed by atoms with Crippen LogP contribution in [0.4, 0.5) is 0 Å². The maximum atomic E-state index is 13.3. The van der Waals surface area contributed by atoms with Crippen LogP contribution in [0.3, 0.4) is 0 Å². The minimum absolute atomic E-state index is 0.237. The maximum absolute atomic E-state index is 13.3. The zero-order valence-corrected chi connectivity index (χ0v) is 17.2. The van der Waals surface area contributed by atoms with Gasteiger partial charge in [0.05, 0.1) is 25.1 Å². The van der Waals surface area contributed by atoms with Gasteiger partial charge in [0.15, 0.2) is 0 Å². The van der Waals surface area contributed by atoms with Crippen molar-refractivity contribution >= 4 is 11.0 Å². The van der Waals surface area contributed by atoms with Gasteiger partial charge in [0.2, 0.25) is 0 Å². The number of rotatable bonds is 7. The topological polar surface area (TPSA) is 81.4 Å². The molecule has 1 aliphatic rings. The predicted octanol–water partition coefficient (Wildman–Crippen LogP) is 0.565. The molecule has 1 N–H and O–H groups in total. The lowest BCUT2D eigenvalue weighted by Gasteiger charge is -2.26. The summed E-state index contributed by atoms with van der Waals surface area (Å²) in [5, 5.41) is 3.92. The molecule has 3 heterocycles. The summed E-state index contributed by atoms with van der Waals surface area (Å²) in [6, 6.07) is 11.4. The van der Waals surface area contributed by atoms with Crippen molar-refractivity contribution < 1.29 is 4.74 Å². The predicted molar refractivity (Wildman–Crippen MR) is 116 cm³/mol. The van der Waals surface area contributed by atoms with Crippen LogP contribution < -0.4 is 16.6 Å². The van der Waals surface area contributed by atoms with E-state index in [-0.39, 0.29) is 17.8 Å². The lowest BCUT2D eigenvalue weighted by molar-refractivity contribution is 0.0384. The first-order valence-electron chi connectivity index (χ1n) is 10.3. The Morgan fingerprint density at radius 1 is 1.10 bits per heavy atom. The fourth-order valence-electron chi connectivity index (χ4n) is 3.81. The summed E-state index contributed by atoms with van der Waals surface area (Å²) < 4.78 is 8.12. The monoisotopic (exact) mass is 409 g/mol. The molecular formula is C22H27N5O3. The van der Waals surface area contributed by atoms with Crippen LogP contribution in [0.15, 0.2) is 52.2 Å². The number of pyridine rings is 1. The highest BCUT2D eigenvalue weighted by molar-refractivity contribution is 5.77. The van der Waals surface area contributed by atoms with E-state index in [0.717, 1.165) is 50.5 Å². The molecule has 1 saturated heterocycles. The van der Waals surface area contributed by atoms with Crippen LogP contribution >= 0.6 is 0 Å². The van der Waals surface area contributed by atoms with Crippen molar-refractivity contribution in [3.05, 3.63) is 74.6 Å². The number of hydrogen-bond acceptors (Lipinski definition) is 6. The van der Waals surface area contributed by atoms with E-state index in [9.17, 15) is 9.59 Å². The van der Waals surface area contributed by atoms with Gasteiger partial charge in [0.1, 0.15) is 5.65 Å². The quantitative estimate of drug-likeness (QED) is 0.575. The fraction of sp³-hybridized carbons (Fsp3) is 0.409. The van der Waals surface area contributed by atoms with Crippen molar-refractivity contribution in [2.75, 3.05) is 39.4 Å². The Balaban J connectivity index is 1.59. The Kier molecular flexibility index (Phi) is 6.37. The van der Waals surface area contributed by atoms with Gasteiger partial charge in [-0.15, -0.1) is 0 Å². The molecule has 0 radical (unpaired) electrons. The van der Waals surface area contributed by atoms with E-state index in [0.29, 0.717) is 17.6 Å². The Labute approximate surface area is 174 Å². The van der Waals surface area contributed by atoms with Crippen LogP contribution in [0.1, 0.15) is 11.1 Å². The summed E-state index contributed by atoms with van der Waals surface area (Å²) in [5.74, 6) is 0. The molecule has 1 aromatic carbocycles. The summed E-state index contributed by atoms with van der Waals surface area (Å²) in [5.41, 5.74) is 1.52. The van der Waals surface area contributed by atoms with E-state index in [1.165, 1.54) is 9.13 Å². The van der Waals surface area contributed by atoms with Crippen LogP contribution in [0.5, 0.6) is 0 Å². The van der Waals surface area contributed by atoms with E-state index >= 15 is 0 Å². The number of fused-ring (bicyclic) bond motifs is 1. The number of aromatic nitrogens is 3. The summed E-state index contributed by atoms with van der Waals surface area (Å²) in [6.45, 7) is 5.99. The summed E-state index contributed by atoms with van der Waals surface area (Å²) in [6.07, 6.45) is 1.65. The van der Waals surface area contributed by atoms with E-state index in [1.807, 2.05) is 36.4 Å². The number of hydrogen-bond donors (Lipinski definition) is 1. The molecule has 0 saturated carbocycles. The van der Waals surface area contributed by atoms with Crippen molar-refractivity contribution in [1.82, 2.24) is 24.3 Å². The van der Waals surface area contributed by atoms with Gasteiger partial charge in [-0.05, 0) is 17.2 Å². The van der Waals surface area contributed by atoms with E-state index < -0.39 is 0 Å². The Morgan fingerprint density at radius 3 is 2.63 bits per heavy atom. The van der Waals surface area contributed by atoms with Gasteiger partial charge in [-0.1, -0.05) is 30.3 Å². The first-order chi connectivity index (χ1) is 14.6. The molecule has 1 aliphatic heterocycles. The lowest BCUT2D eigenvalue weighted by atomic mass is 10.1. The second kappa shape index (κ2) is 9.34. The minimum atomic E-state index is -0.360. The lowest BCUT2D eigenvalue weighted by Crippen LogP contribution is -2.41. The van der Waals surface area contributed by atoms with Crippen LogP contribution in [0, 0.1) is 0 Å². The highest BCUT2D eigenvalue weighted by Gasteiger charge is 2.16. The molecule has 0 spiro atoms. The van der Waals surface area contributed by atoms with Crippen molar-refractivity contribution in [2.45, 2.75) is 13.1 Å². The zero-order chi connectivity index (χ0) is 20.9. The highest BCUT2D eigenvalue weighted by Crippen LogP contribution is 2.11. The van der Waals surface area contributed by atoms with Crippen LogP contribution in [0.2, 0.25) is 0 Å². The third-order valence-electron chi connectivity index (χ3n) is 5.52. The molecule has 158 valence electrons. The van der Waals surface area contributed by atoms with Gasteiger partial charge in [-0.2, -0.15) is 0 Å². The average Bonchev–Trinajstić information content (AvgIpc) is 2.79.